The number of carbonyl (C=O) groups excluding carboxylic acids is 1. The lowest BCUT2D eigenvalue weighted by Gasteiger charge is -2.12. The highest BCUT2D eigenvalue weighted by Gasteiger charge is 2.17. The SMILES string of the molecule is O=C(Oc1cccc(F)c1)c1cn(-c2cccc(Cl)c2)c(=O)c2ccccc12. The molecular formula is C22H13ClFNO3. The lowest BCUT2D eigenvalue weighted by Crippen LogP contribution is -2.22. The molecule has 138 valence electrons. The monoisotopic (exact) mass is 393 g/mol. The molecule has 0 saturated carbocycles. The van der Waals surface area contributed by atoms with E-state index >= 15 is 0 Å². The van der Waals surface area contributed by atoms with Gasteiger partial charge < -0.3 is 4.74 Å². The summed E-state index contributed by atoms with van der Waals surface area (Å²) in [6.07, 6.45) is 1.41. The van der Waals surface area contributed by atoms with Crippen LogP contribution >= 0.6 is 11.6 Å². The van der Waals surface area contributed by atoms with E-state index in [0.29, 0.717) is 21.5 Å². The predicted molar refractivity (Wildman–Crippen MR) is 106 cm³/mol. The van der Waals surface area contributed by atoms with Crippen LogP contribution in [0.3, 0.4) is 0 Å². The number of aromatic nitrogens is 1. The Morgan fingerprint density at radius 2 is 1.68 bits per heavy atom. The molecule has 0 N–H and O–H groups in total. The van der Waals surface area contributed by atoms with Crippen LogP contribution in [0.5, 0.6) is 5.75 Å². The van der Waals surface area contributed by atoms with Crippen LogP contribution in [-0.2, 0) is 0 Å². The zero-order chi connectivity index (χ0) is 19.7. The molecule has 0 unspecified atom stereocenters. The molecule has 0 aliphatic rings. The smallest absolute Gasteiger partial charge is 0.345 e. The van der Waals surface area contributed by atoms with E-state index in [0.717, 1.165) is 6.07 Å². The van der Waals surface area contributed by atoms with Crippen LogP contribution in [0.2, 0.25) is 5.02 Å². The van der Waals surface area contributed by atoms with Gasteiger partial charge in [-0.3, -0.25) is 9.36 Å². The molecule has 4 nitrogen and oxygen atoms in total. The summed E-state index contributed by atoms with van der Waals surface area (Å²) in [5.74, 6) is -1.13. The van der Waals surface area contributed by atoms with E-state index in [4.69, 9.17) is 16.3 Å². The highest BCUT2D eigenvalue weighted by Crippen LogP contribution is 2.21. The molecule has 0 fully saturated rings. The number of hydrogen-bond acceptors (Lipinski definition) is 3. The summed E-state index contributed by atoms with van der Waals surface area (Å²) in [4.78, 5) is 25.8. The largest absolute Gasteiger partial charge is 0.423 e. The van der Waals surface area contributed by atoms with Gasteiger partial charge in [-0.05, 0) is 36.4 Å². The van der Waals surface area contributed by atoms with Crippen LogP contribution in [0, 0.1) is 5.82 Å². The van der Waals surface area contributed by atoms with Gasteiger partial charge in [-0.2, -0.15) is 0 Å². The number of benzene rings is 3. The van der Waals surface area contributed by atoms with Crippen molar-refractivity contribution in [3.63, 3.8) is 0 Å². The van der Waals surface area contributed by atoms with Gasteiger partial charge in [-0.25, -0.2) is 9.18 Å². The molecule has 4 aromatic rings. The van der Waals surface area contributed by atoms with Crippen molar-refractivity contribution in [2.75, 3.05) is 0 Å². The Balaban J connectivity index is 1.89. The first-order valence-corrected chi connectivity index (χ1v) is 8.79. The molecule has 4 rings (SSSR count). The number of nitrogens with zero attached hydrogens (tertiary/aromatic N) is 1. The topological polar surface area (TPSA) is 48.3 Å². The van der Waals surface area contributed by atoms with Crippen LogP contribution in [-0.4, -0.2) is 10.5 Å². The maximum atomic E-state index is 13.4. The summed E-state index contributed by atoms with van der Waals surface area (Å²) in [7, 11) is 0. The van der Waals surface area contributed by atoms with E-state index in [-0.39, 0.29) is 16.9 Å². The third-order valence-corrected chi connectivity index (χ3v) is 4.47. The highest BCUT2D eigenvalue weighted by molar-refractivity contribution is 6.30. The molecule has 0 aliphatic heterocycles. The van der Waals surface area contributed by atoms with Crippen molar-refractivity contribution in [3.8, 4) is 11.4 Å². The van der Waals surface area contributed by atoms with Crippen LogP contribution < -0.4 is 10.3 Å². The Morgan fingerprint density at radius 3 is 2.43 bits per heavy atom. The van der Waals surface area contributed by atoms with Crippen molar-refractivity contribution in [1.29, 1.82) is 0 Å². The van der Waals surface area contributed by atoms with E-state index < -0.39 is 11.8 Å². The third-order valence-electron chi connectivity index (χ3n) is 4.24. The lowest BCUT2D eigenvalue weighted by atomic mass is 10.1. The average Bonchev–Trinajstić information content (AvgIpc) is 2.68. The zero-order valence-electron chi connectivity index (χ0n) is 14.4. The molecule has 28 heavy (non-hydrogen) atoms. The van der Waals surface area contributed by atoms with Crippen molar-refractivity contribution in [3.05, 3.63) is 106 Å². The second-order valence-corrected chi connectivity index (χ2v) is 6.53. The van der Waals surface area contributed by atoms with Gasteiger partial charge in [0.25, 0.3) is 5.56 Å². The fourth-order valence-electron chi connectivity index (χ4n) is 2.96. The first-order chi connectivity index (χ1) is 13.5. The molecule has 0 spiro atoms. The summed E-state index contributed by atoms with van der Waals surface area (Å²) in [5, 5.41) is 1.27. The number of hydrogen-bond donors (Lipinski definition) is 0. The number of rotatable bonds is 3. The second kappa shape index (κ2) is 7.29. The lowest BCUT2D eigenvalue weighted by molar-refractivity contribution is 0.0736. The van der Waals surface area contributed by atoms with E-state index in [1.807, 2.05) is 0 Å². The van der Waals surface area contributed by atoms with Crippen LogP contribution in [0.4, 0.5) is 4.39 Å². The Morgan fingerprint density at radius 1 is 0.929 bits per heavy atom. The summed E-state index contributed by atoms with van der Waals surface area (Å²) in [5.41, 5.74) is 0.405. The molecule has 0 aliphatic carbocycles. The maximum absolute atomic E-state index is 13.4. The Bertz CT molecular complexity index is 1270. The number of pyridine rings is 1. The van der Waals surface area contributed by atoms with Crippen LogP contribution in [0.15, 0.2) is 83.8 Å². The Labute approximate surface area is 164 Å². The zero-order valence-corrected chi connectivity index (χ0v) is 15.2. The van der Waals surface area contributed by atoms with E-state index in [1.165, 1.54) is 29.0 Å². The fraction of sp³-hybridized carbons (Fsp3) is 0. The fourth-order valence-corrected chi connectivity index (χ4v) is 3.15. The number of fused-ring (bicyclic) bond motifs is 1. The van der Waals surface area contributed by atoms with Crippen molar-refractivity contribution in [2.45, 2.75) is 0 Å². The van der Waals surface area contributed by atoms with E-state index in [9.17, 15) is 14.0 Å². The number of ether oxygens (including phenoxy) is 1. The van der Waals surface area contributed by atoms with Crippen molar-refractivity contribution in [2.24, 2.45) is 0 Å². The van der Waals surface area contributed by atoms with Gasteiger partial charge in [-0.1, -0.05) is 41.9 Å². The molecule has 6 heteroatoms. The first kappa shape index (κ1) is 17.9. The van der Waals surface area contributed by atoms with Gasteiger partial charge in [0.2, 0.25) is 0 Å². The summed E-state index contributed by atoms with van der Waals surface area (Å²) in [6.45, 7) is 0. The van der Waals surface area contributed by atoms with Crippen molar-refractivity contribution < 1.29 is 13.9 Å². The summed E-state index contributed by atoms with van der Waals surface area (Å²) in [6, 6.07) is 18.8. The molecule has 0 saturated heterocycles. The van der Waals surface area contributed by atoms with Gasteiger partial charge >= 0.3 is 5.97 Å². The predicted octanol–water partition coefficient (Wildman–Crippen LogP) is 5.00. The van der Waals surface area contributed by atoms with Gasteiger partial charge in [0.05, 0.1) is 11.3 Å². The van der Waals surface area contributed by atoms with Gasteiger partial charge in [0.1, 0.15) is 11.6 Å². The summed E-state index contributed by atoms with van der Waals surface area (Å²) >= 11 is 6.05. The minimum Gasteiger partial charge on any atom is -0.423 e. The Hall–Kier alpha value is -3.44. The number of esters is 1. The highest BCUT2D eigenvalue weighted by atomic mass is 35.5. The standard InChI is InChI=1S/C22H13ClFNO3/c23-14-5-3-7-16(11-14)25-13-20(18-9-1-2-10-19(18)21(25)26)22(27)28-17-8-4-6-15(24)12-17/h1-13H. The molecule has 3 aromatic carbocycles. The van der Waals surface area contributed by atoms with E-state index in [2.05, 4.69) is 0 Å². The van der Waals surface area contributed by atoms with Gasteiger partial charge in [0.15, 0.2) is 0 Å². The minimum atomic E-state index is -0.697. The molecule has 0 bridgehead atoms. The minimum absolute atomic E-state index is 0.0783. The number of halogens is 2. The van der Waals surface area contributed by atoms with Crippen LogP contribution in [0.25, 0.3) is 16.5 Å². The summed E-state index contributed by atoms with van der Waals surface area (Å²) < 4.78 is 20.1. The maximum Gasteiger partial charge on any atom is 0.345 e. The molecule has 0 radical (unpaired) electrons. The van der Waals surface area contributed by atoms with Crippen molar-refractivity contribution >= 4 is 28.3 Å². The molecule has 0 amide bonds. The van der Waals surface area contributed by atoms with Crippen LogP contribution in [0.1, 0.15) is 10.4 Å². The van der Waals surface area contributed by atoms with Gasteiger partial charge in [-0.15, -0.1) is 0 Å². The quantitative estimate of drug-likeness (QED) is 0.363. The molecule has 0 atom stereocenters. The van der Waals surface area contributed by atoms with E-state index in [1.54, 1.807) is 48.5 Å². The number of carbonyl (C=O) groups is 1. The Kier molecular flexibility index (Phi) is 4.67. The third kappa shape index (κ3) is 3.40. The molecular weight excluding hydrogens is 381 g/mol. The second-order valence-electron chi connectivity index (χ2n) is 6.09. The first-order valence-electron chi connectivity index (χ1n) is 8.41. The van der Waals surface area contributed by atoms with Gasteiger partial charge in [0, 0.05) is 28.1 Å². The molecule has 1 aromatic heterocycles. The normalized spacial score (nSPS) is 10.8. The van der Waals surface area contributed by atoms with Crippen molar-refractivity contribution in [1.82, 2.24) is 4.57 Å². The molecule has 1 heterocycles. The average molecular weight is 394 g/mol.